The number of rotatable bonds is 0. The van der Waals surface area contributed by atoms with Crippen molar-refractivity contribution in [2.24, 2.45) is 5.73 Å². The normalized spacial score (nSPS) is 40.9. The zero-order valence-corrected chi connectivity index (χ0v) is 7.16. The molecule has 2 rings (SSSR count). The van der Waals surface area contributed by atoms with E-state index >= 15 is 0 Å². The van der Waals surface area contributed by atoms with Gasteiger partial charge in [-0.3, -0.25) is 9.80 Å². The molecule has 2 aliphatic rings. The summed E-state index contributed by atoms with van der Waals surface area (Å²) in [7, 11) is 2.18. The molecule has 2 aliphatic heterocycles. The van der Waals surface area contributed by atoms with E-state index in [0.29, 0.717) is 6.04 Å². The third kappa shape index (κ3) is 1.41. The molecule has 0 aromatic rings. The molecule has 0 radical (unpaired) electrons. The van der Waals surface area contributed by atoms with Gasteiger partial charge in [-0.2, -0.15) is 0 Å². The number of nitrogens with zero attached hydrogens (tertiary/aromatic N) is 2. The zero-order valence-electron chi connectivity index (χ0n) is 7.16. The average Bonchev–Trinajstić information content (AvgIpc) is 2.27. The molecule has 0 amide bonds. The number of fused-ring (bicyclic) bond motifs is 1. The van der Waals surface area contributed by atoms with Gasteiger partial charge < -0.3 is 5.73 Å². The maximum absolute atomic E-state index is 5.88. The zero-order chi connectivity index (χ0) is 7.84. The maximum Gasteiger partial charge on any atom is 0.0507 e. The lowest BCUT2D eigenvalue weighted by Gasteiger charge is -2.32. The number of likely N-dealkylation sites (N-methyl/N-ethyl adjacent to an activating group) is 1. The summed E-state index contributed by atoms with van der Waals surface area (Å²) in [6.45, 7) is 3.47. The minimum Gasteiger partial charge on any atom is -0.327 e. The summed E-state index contributed by atoms with van der Waals surface area (Å²) >= 11 is 0. The van der Waals surface area contributed by atoms with Gasteiger partial charge in [0.1, 0.15) is 0 Å². The van der Waals surface area contributed by atoms with E-state index in [1.807, 2.05) is 0 Å². The fourth-order valence-corrected chi connectivity index (χ4v) is 2.24. The topological polar surface area (TPSA) is 32.5 Å². The van der Waals surface area contributed by atoms with Crippen molar-refractivity contribution in [3.63, 3.8) is 0 Å². The van der Waals surface area contributed by atoms with Gasteiger partial charge in [-0.1, -0.05) is 0 Å². The average molecular weight is 155 g/mol. The van der Waals surface area contributed by atoms with Crippen LogP contribution in [0.4, 0.5) is 0 Å². The molecule has 3 nitrogen and oxygen atoms in total. The van der Waals surface area contributed by atoms with Crippen LogP contribution in [0.25, 0.3) is 0 Å². The van der Waals surface area contributed by atoms with Crippen LogP contribution in [0.5, 0.6) is 0 Å². The number of hydrogen-bond donors (Lipinski definition) is 1. The largest absolute Gasteiger partial charge is 0.327 e. The van der Waals surface area contributed by atoms with Crippen LogP contribution < -0.4 is 5.73 Å². The Morgan fingerprint density at radius 3 is 2.91 bits per heavy atom. The standard InChI is InChI=1S/C8H17N3/c1-10-5-8-3-2-7(9)4-11(8)6-10/h7-8H,2-6,9H2,1H3. The van der Waals surface area contributed by atoms with Crippen molar-refractivity contribution in [3.8, 4) is 0 Å². The molecule has 3 heteroatoms. The Balaban J connectivity index is 1.97. The summed E-state index contributed by atoms with van der Waals surface area (Å²) in [6.07, 6.45) is 2.51. The summed E-state index contributed by atoms with van der Waals surface area (Å²) in [5.41, 5.74) is 5.88. The van der Waals surface area contributed by atoms with Gasteiger partial charge in [0.25, 0.3) is 0 Å². The van der Waals surface area contributed by atoms with Crippen molar-refractivity contribution in [3.05, 3.63) is 0 Å². The Hall–Kier alpha value is -0.120. The molecule has 2 heterocycles. The minimum absolute atomic E-state index is 0.428. The van der Waals surface area contributed by atoms with Gasteiger partial charge in [0.05, 0.1) is 6.67 Å². The number of hydrogen-bond acceptors (Lipinski definition) is 3. The molecule has 2 atom stereocenters. The molecule has 0 aromatic heterocycles. The van der Waals surface area contributed by atoms with E-state index < -0.39 is 0 Å². The van der Waals surface area contributed by atoms with Crippen molar-refractivity contribution in [1.82, 2.24) is 9.80 Å². The van der Waals surface area contributed by atoms with Gasteiger partial charge >= 0.3 is 0 Å². The van der Waals surface area contributed by atoms with E-state index in [2.05, 4.69) is 16.8 Å². The minimum atomic E-state index is 0.428. The SMILES string of the molecule is CN1CC2CCC(N)CN2C1. The highest BCUT2D eigenvalue weighted by molar-refractivity contribution is 4.88. The molecule has 64 valence electrons. The number of nitrogens with two attached hydrogens (primary N) is 1. The first kappa shape index (κ1) is 7.53. The van der Waals surface area contributed by atoms with Crippen LogP contribution >= 0.6 is 0 Å². The second-order valence-corrected chi connectivity index (χ2v) is 3.94. The predicted octanol–water partition coefficient (Wildman–Crippen LogP) is -0.319. The van der Waals surface area contributed by atoms with E-state index in [-0.39, 0.29) is 0 Å². The Kier molecular flexibility index (Phi) is 1.87. The highest BCUT2D eigenvalue weighted by Gasteiger charge is 2.32. The Morgan fingerprint density at radius 1 is 1.27 bits per heavy atom. The highest BCUT2D eigenvalue weighted by Crippen LogP contribution is 2.21. The van der Waals surface area contributed by atoms with Crippen LogP contribution in [-0.4, -0.2) is 48.7 Å². The molecule has 2 fully saturated rings. The van der Waals surface area contributed by atoms with Gasteiger partial charge in [0, 0.05) is 25.2 Å². The van der Waals surface area contributed by atoms with Crippen LogP contribution in [0, 0.1) is 0 Å². The van der Waals surface area contributed by atoms with E-state index in [1.54, 1.807) is 0 Å². The molecule has 0 spiro atoms. The Morgan fingerprint density at radius 2 is 2.09 bits per heavy atom. The second kappa shape index (κ2) is 2.73. The molecule has 11 heavy (non-hydrogen) atoms. The van der Waals surface area contributed by atoms with Crippen molar-refractivity contribution >= 4 is 0 Å². The molecule has 0 aromatic carbocycles. The van der Waals surface area contributed by atoms with E-state index in [1.165, 1.54) is 19.4 Å². The molecular weight excluding hydrogens is 138 g/mol. The predicted molar refractivity (Wildman–Crippen MR) is 45.2 cm³/mol. The monoisotopic (exact) mass is 155 g/mol. The van der Waals surface area contributed by atoms with Gasteiger partial charge in [0.2, 0.25) is 0 Å². The van der Waals surface area contributed by atoms with E-state index in [0.717, 1.165) is 19.3 Å². The molecule has 2 saturated heterocycles. The smallest absolute Gasteiger partial charge is 0.0507 e. The maximum atomic E-state index is 5.88. The van der Waals surface area contributed by atoms with E-state index in [9.17, 15) is 0 Å². The van der Waals surface area contributed by atoms with Gasteiger partial charge in [0.15, 0.2) is 0 Å². The quantitative estimate of drug-likeness (QED) is 0.520. The molecular formula is C8H17N3. The Bertz CT molecular complexity index is 148. The second-order valence-electron chi connectivity index (χ2n) is 3.94. The molecule has 0 bridgehead atoms. The Labute approximate surface area is 68.1 Å². The summed E-state index contributed by atoms with van der Waals surface area (Å²) in [4.78, 5) is 4.89. The first-order valence-electron chi connectivity index (χ1n) is 4.44. The van der Waals surface area contributed by atoms with Gasteiger partial charge in [-0.15, -0.1) is 0 Å². The summed E-state index contributed by atoms with van der Waals surface area (Å²) < 4.78 is 0. The van der Waals surface area contributed by atoms with Crippen LogP contribution in [-0.2, 0) is 0 Å². The summed E-state index contributed by atoms with van der Waals surface area (Å²) in [5, 5.41) is 0. The fraction of sp³-hybridized carbons (Fsp3) is 1.00. The van der Waals surface area contributed by atoms with Crippen LogP contribution in [0.2, 0.25) is 0 Å². The number of piperidine rings is 1. The van der Waals surface area contributed by atoms with Crippen molar-refractivity contribution in [1.29, 1.82) is 0 Å². The van der Waals surface area contributed by atoms with Crippen molar-refractivity contribution in [2.45, 2.75) is 24.9 Å². The van der Waals surface area contributed by atoms with E-state index in [4.69, 9.17) is 5.73 Å². The molecule has 2 unspecified atom stereocenters. The lowest BCUT2D eigenvalue weighted by Crippen LogP contribution is -2.46. The lowest BCUT2D eigenvalue weighted by molar-refractivity contribution is 0.174. The van der Waals surface area contributed by atoms with Crippen LogP contribution in [0.1, 0.15) is 12.8 Å². The van der Waals surface area contributed by atoms with Crippen LogP contribution in [0.3, 0.4) is 0 Å². The van der Waals surface area contributed by atoms with Crippen molar-refractivity contribution in [2.75, 3.05) is 26.8 Å². The van der Waals surface area contributed by atoms with Crippen molar-refractivity contribution < 1.29 is 0 Å². The molecule has 2 N–H and O–H groups in total. The van der Waals surface area contributed by atoms with Crippen LogP contribution in [0.15, 0.2) is 0 Å². The summed E-state index contributed by atoms with van der Waals surface area (Å²) in [6, 6.07) is 1.23. The van der Waals surface area contributed by atoms with Gasteiger partial charge in [-0.25, -0.2) is 0 Å². The summed E-state index contributed by atoms with van der Waals surface area (Å²) in [5.74, 6) is 0. The van der Waals surface area contributed by atoms with Gasteiger partial charge in [-0.05, 0) is 19.9 Å². The highest BCUT2D eigenvalue weighted by atomic mass is 15.4. The first-order chi connectivity index (χ1) is 5.25. The molecule has 0 saturated carbocycles. The molecule has 0 aliphatic carbocycles. The lowest BCUT2D eigenvalue weighted by atomic mass is 10.0. The third-order valence-corrected chi connectivity index (χ3v) is 2.80. The first-order valence-corrected chi connectivity index (χ1v) is 4.44. The fourth-order valence-electron chi connectivity index (χ4n) is 2.24. The third-order valence-electron chi connectivity index (χ3n) is 2.80.